The topological polar surface area (TPSA) is 29.3 Å². The number of hydrogen-bond acceptors (Lipinski definition) is 2. The standard InChI is InChI=1S/C16H25ClN2/c1-2-15(18)16(13-7-9-14(17)10-8-13)19-11-5-3-4-6-12-19/h7-10,15-16H,2-6,11-12,18H2,1H3. The molecule has 1 aromatic carbocycles. The highest BCUT2D eigenvalue weighted by Gasteiger charge is 2.26. The van der Waals surface area contributed by atoms with Crippen molar-refractivity contribution in [2.24, 2.45) is 5.73 Å². The van der Waals surface area contributed by atoms with Crippen LogP contribution in [-0.4, -0.2) is 24.0 Å². The monoisotopic (exact) mass is 280 g/mol. The summed E-state index contributed by atoms with van der Waals surface area (Å²) < 4.78 is 0. The third-order valence-electron chi connectivity index (χ3n) is 4.12. The number of rotatable bonds is 4. The predicted molar refractivity (Wildman–Crippen MR) is 82.5 cm³/mol. The van der Waals surface area contributed by atoms with E-state index in [9.17, 15) is 0 Å². The van der Waals surface area contributed by atoms with Crippen LogP contribution in [0.15, 0.2) is 24.3 Å². The zero-order chi connectivity index (χ0) is 13.7. The maximum atomic E-state index is 6.39. The van der Waals surface area contributed by atoms with Crippen LogP contribution in [0.25, 0.3) is 0 Å². The number of hydrogen-bond donors (Lipinski definition) is 1. The highest BCUT2D eigenvalue weighted by atomic mass is 35.5. The van der Waals surface area contributed by atoms with Crippen LogP contribution in [0.1, 0.15) is 50.6 Å². The molecule has 0 aliphatic carbocycles. The first-order valence-corrected chi connectivity index (χ1v) is 7.85. The summed E-state index contributed by atoms with van der Waals surface area (Å²) >= 11 is 6.00. The lowest BCUT2D eigenvalue weighted by Crippen LogP contribution is -2.41. The average molecular weight is 281 g/mol. The lowest BCUT2D eigenvalue weighted by Gasteiger charge is -2.35. The molecular formula is C16H25ClN2. The van der Waals surface area contributed by atoms with Gasteiger partial charge < -0.3 is 5.73 Å². The van der Waals surface area contributed by atoms with Crippen molar-refractivity contribution in [2.75, 3.05) is 13.1 Å². The maximum Gasteiger partial charge on any atom is 0.0499 e. The van der Waals surface area contributed by atoms with E-state index < -0.39 is 0 Å². The smallest absolute Gasteiger partial charge is 0.0499 e. The third kappa shape index (κ3) is 3.95. The molecule has 0 bridgehead atoms. The van der Waals surface area contributed by atoms with Gasteiger partial charge in [0, 0.05) is 17.1 Å². The van der Waals surface area contributed by atoms with Gasteiger partial charge in [-0.05, 0) is 50.0 Å². The van der Waals surface area contributed by atoms with Crippen LogP contribution in [-0.2, 0) is 0 Å². The van der Waals surface area contributed by atoms with E-state index in [2.05, 4.69) is 24.0 Å². The van der Waals surface area contributed by atoms with E-state index >= 15 is 0 Å². The van der Waals surface area contributed by atoms with Gasteiger partial charge in [0.25, 0.3) is 0 Å². The summed E-state index contributed by atoms with van der Waals surface area (Å²) in [6, 6.07) is 8.74. The van der Waals surface area contributed by atoms with Gasteiger partial charge in [0.1, 0.15) is 0 Å². The van der Waals surface area contributed by atoms with Gasteiger partial charge >= 0.3 is 0 Å². The normalized spacial score (nSPS) is 20.8. The molecule has 19 heavy (non-hydrogen) atoms. The van der Waals surface area contributed by atoms with Gasteiger partial charge in [0.2, 0.25) is 0 Å². The molecule has 2 rings (SSSR count). The van der Waals surface area contributed by atoms with Crippen LogP contribution in [0.4, 0.5) is 0 Å². The van der Waals surface area contributed by atoms with Crippen LogP contribution >= 0.6 is 11.6 Å². The van der Waals surface area contributed by atoms with Gasteiger partial charge in [-0.15, -0.1) is 0 Å². The first kappa shape index (κ1) is 14.8. The Hall–Kier alpha value is -0.570. The summed E-state index contributed by atoms with van der Waals surface area (Å²) in [4.78, 5) is 2.57. The Morgan fingerprint density at radius 3 is 2.21 bits per heavy atom. The molecule has 0 amide bonds. The molecule has 0 radical (unpaired) electrons. The second-order valence-electron chi connectivity index (χ2n) is 5.52. The Morgan fingerprint density at radius 1 is 1.11 bits per heavy atom. The van der Waals surface area contributed by atoms with Crippen molar-refractivity contribution in [1.82, 2.24) is 4.90 Å². The van der Waals surface area contributed by atoms with E-state index in [1.807, 2.05) is 12.1 Å². The summed E-state index contributed by atoms with van der Waals surface area (Å²) in [6.07, 6.45) is 6.29. The van der Waals surface area contributed by atoms with Crippen molar-refractivity contribution in [3.63, 3.8) is 0 Å². The molecule has 3 heteroatoms. The van der Waals surface area contributed by atoms with E-state index in [1.165, 1.54) is 44.3 Å². The molecule has 106 valence electrons. The van der Waals surface area contributed by atoms with E-state index in [1.54, 1.807) is 0 Å². The first-order chi connectivity index (χ1) is 9.22. The highest BCUT2D eigenvalue weighted by Crippen LogP contribution is 2.28. The van der Waals surface area contributed by atoms with Crippen LogP contribution in [0.2, 0.25) is 5.02 Å². The molecule has 0 aromatic heterocycles. The molecule has 1 saturated heterocycles. The molecule has 2 nitrogen and oxygen atoms in total. The molecule has 1 aliphatic heterocycles. The Kier molecular flexibility index (Phi) is 5.68. The molecule has 1 fully saturated rings. The Morgan fingerprint density at radius 2 is 1.68 bits per heavy atom. The largest absolute Gasteiger partial charge is 0.326 e. The van der Waals surface area contributed by atoms with Gasteiger partial charge in [0.15, 0.2) is 0 Å². The van der Waals surface area contributed by atoms with Crippen molar-refractivity contribution in [1.29, 1.82) is 0 Å². The zero-order valence-electron chi connectivity index (χ0n) is 11.8. The minimum atomic E-state index is 0.194. The van der Waals surface area contributed by atoms with E-state index in [4.69, 9.17) is 17.3 Å². The second kappa shape index (κ2) is 7.28. The van der Waals surface area contributed by atoms with Crippen molar-refractivity contribution in [2.45, 2.75) is 51.1 Å². The molecule has 2 unspecified atom stereocenters. The van der Waals surface area contributed by atoms with Crippen LogP contribution in [0.5, 0.6) is 0 Å². The molecule has 2 atom stereocenters. The Labute approximate surface area is 121 Å². The lowest BCUT2D eigenvalue weighted by atomic mass is 9.96. The summed E-state index contributed by atoms with van der Waals surface area (Å²) in [6.45, 7) is 4.51. The van der Waals surface area contributed by atoms with Gasteiger partial charge in [-0.1, -0.05) is 43.5 Å². The van der Waals surface area contributed by atoms with Gasteiger partial charge in [0.05, 0.1) is 0 Å². The van der Waals surface area contributed by atoms with E-state index in [0.717, 1.165) is 11.4 Å². The van der Waals surface area contributed by atoms with Gasteiger partial charge in [-0.25, -0.2) is 0 Å². The quantitative estimate of drug-likeness (QED) is 0.903. The highest BCUT2D eigenvalue weighted by molar-refractivity contribution is 6.30. The SMILES string of the molecule is CCC(N)C(c1ccc(Cl)cc1)N1CCCCCC1. The maximum absolute atomic E-state index is 6.39. The Bertz CT molecular complexity index is 369. The third-order valence-corrected chi connectivity index (χ3v) is 4.37. The molecule has 2 N–H and O–H groups in total. The fourth-order valence-electron chi connectivity index (χ4n) is 2.99. The minimum Gasteiger partial charge on any atom is -0.326 e. The van der Waals surface area contributed by atoms with Crippen molar-refractivity contribution in [3.05, 3.63) is 34.9 Å². The van der Waals surface area contributed by atoms with Crippen molar-refractivity contribution in [3.8, 4) is 0 Å². The van der Waals surface area contributed by atoms with E-state index in [0.29, 0.717) is 6.04 Å². The minimum absolute atomic E-state index is 0.194. The molecule has 0 spiro atoms. The fourth-order valence-corrected chi connectivity index (χ4v) is 3.11. The summed E-state index contributed by atoms with van der Waals surface area (Å²) in [5.41, 5.74) is 7.70. The number of nitrogens with two attached hydrogens (primary N) is 1. The Balaban J connectivity index is 2.21. The molecule has 1 aromatic rings. The summed E-state index contributed by atoms with van der Waals surface area (Å²) in [5.74, 6) is 0. The van der Waals surface area contributed by atoms with Crippen molar-refractivity contribution < 1.29 is 0 Å². The first-order valence-electron chi connectivity index (χ1n) is 7.47. The summed E-state index contributed by atoms with van der Waals surface area (Å²) in [7, 11) is 0. The number of halogens is 1. The van der Waals surface area contributed by atoms with Crippen LogP contribution < -0.4 is 5.73 Å². The molecule has 1 aliphatic rings. The van der Waals surface area contributed by atoms with Gasteiger partial charge in [-0.3, -0.25) is 4.90 Å². The number of likely N-dealkylation sites (tertiary alicyclic amines) is 1. The summed E-state index contributed by atoms with van der Waals surface area (Å²) in [5, 5.41) is 0.795. The second-order valence-corrected chi connectivity index (χ2v) is 5.96. The van der Waals surface area contributed by atoms with Crippen LogP contribution in [0.3, 0.4) is 0 Å². The molecular weight excluding hydrogens is 256 g/mol. The number of benzene rings is 1. The predicted octanol–water partition coefficient (Wildman–Crippen LogP) is 3.99. The van der Waals surface area contributed by atoms with Crippen molar-refractivity contribution >= 4 is 11.6 Å². The molecule has 1 heterocycles. The van der Waals surface area contributed by atoms with Gasteiger partial charge in [-0.2, -0.15) is 0 Å². The lowest BCUT2D eigenvalue weighted by molar-refractivity contribution is 0.175. The fraction of sp³-hybridized carbons (Fsp3) is 0.625. The number of nitrogens with zero attached hydrogens (tertiary/aromatic N) is 1. The van der Waals surface area contributed by atoms with Crippen LogP contribution in [0, 0.1) is 0 Å². The molecule has 0 saturated carbocycles. The van der Waals surface area contributed by atoms with E-state index in [-0.39, 0.29) is 6.04 Å². The zero-order valence-corrected chi connectivity index (χ0v) is 12.6. The average Bonchev–Trinajstić information content (AvgIpc) is 2.70.